The Hall–Kier alpha value is -3.15. The molecule has 0 unspecified atom stereocenters. The fourth-order valence-electron chi connectivity index (χ4n) is 3.69. The van der Waals surface area contributed by atoms with Gasteiger partial charge in [-0.1, -0.05) is 48.0 Å². The van der Waals surface area contributed by atoms with Gasteiger partial charge in [-0.15, -0.1) is 0 Å². The molecule has 1 saturated heterocycles. The number of anilines is 1. The van der Waals surface area contributed by atoms with Crippen LogP contribution in [0.5, 0.6) is 0 Å². The number of benzene rings is 2. The molecule has 2 aromatic rings. The molecule has 30 heavy (non-hydrogen) atoms. The molecule has 0 aromatic heterocycles. The molecular formula is C24H28N2O4. The van der Waals surface area contributed by atoms with Gasteiger partial charge in [-0.2, -0.15) is 0 Å². The quantitative estimate of drug-likeness (QED) is 0.738. The molecular weight excluding hydrogens is 380 g/mol. The van der Waals surface area contributed by atoms with E-state index in [-0.39, 0.29) is 18.4 Å². The fourth-order valence-corrected chi connectivity index (χ4v) is 3.69. The van der Waals surface area contributed by atoms with Crippen LogP contribution in [0.15, 0.2) is 48.5 Å². The minimum absolute atomic E-state index is 0.0827. The van der Waals surface area contributed by atoms with Gasteiger partial charge < -0.3 is 15.0 Å². The Morgan fingerprint density at radius 2 is 1.80 bits per heavy atom. The molecule has 1 aliphatic rings. The van der Waals surface area contributed by atoms with Crippen LogP contribution in [-0.2, 0) is 19.1 Å². The lowest BCUT2D eigenvalue weighted by atomic mass is 10.1. The fraction of sp³-hybridized carbons (Fsp3) is 0.375. The number of rotatable bonds is 6. The van der Waals surface area contributed by atoms with Crippen LogP contribution in [0.4, 0.5) is 5.69 Å². The van der Waals surface area contributed by atoms with Gasteiger partial charge in [0.05, 0.1) is 12.0 Å². The van der Waals surface area contributed by atoms with Crippen molar-refractivity contribution in [3.05, 3.63) is 65.2 Å². The Bertz CT molecular complexity index is 941. The molecule has 0 radical (unpaired) electrons. The Kier molecular flexibility index (Phi) is 6.55. The van der Waals surface area contributed by atoms with Crippen LogP contribution in [0.1, 0.15) is 43.0 Å². The lowest BCUT2D eigenvalue weighted by Gasteiger charge is -2.25. The molecule has 2 amide bonds. The molecule has 0 saturated carbocycles. The van der Waals surface area contributed by atoms with Gasteiger partial charge in [-0.05, 0) is 44.9 Å². The predicted molar refractivity (Wildman–Crippen MR) is 115 cm³/mol. The van der Waals surface area contributed by atoms with Crippen molar-refractivity contribution in [2.24, 2.45) is 5.92 Å². The van der Waals surface area contributed by atoms with E-state index < -0.39 is 23.9 Å². The third kappa shape index (κ3) is 4.87. The van der Waals surface area contributed by atoms with Crippen molar-refractivity contribution >= 4 is 23.5 Å². The maximum Gasteiger partial charge on any atom is 0.312 e. The van der Waals surface area contributed by atoms with E-state index in [1.54, 1.807) is 4.90 Å². The van der Waals surface area contributed by atoms with E-state index in [4.69, 9.17) is 4.74 Å². The first-order valence-corrected chi connectivity index (χ1v) is 10.2. The molecule has 0 aliphatic carbocycles. The van der Waals surface area contributed by atoms with E-state index in [0.29, 0.717) is 12.2 Å². The number of hydrogen-bond donors (Lipinski definition) is 1. The van der Waals surface area contributed by atoms with Crippen molar-refractivity contribution in [3.8, 4) is 0 Å². The van der Waals surface area contributed by atoms with E-state index in [1.807, 2.05) is 69.3 Å². The van der Waals surface area contributed by atoms with Crippen molar-refractivity contribution in [1.82, 2.24) is 4.90 Å². The first-order chi connectivity index (χ1) is 14.3. The highest BCUT2D eigenvalue weighted by Gasteiger charge is 2.38. The Morgan fingerprint density at radius 3 is 2.47 bits per heavy atom. The molecule has 3 rings (SSSR count). The first-order valence-electron chi connectivity index (χ1n) is 10.2. The molecule has 1 N–H and O–H groups in total. The molecule has 158 valence electrons. The van der Waals surface area contributed by atoms with Crippen molar-refractivity contribution in [1.29, 1.82) is 0 Å². The second kappa shape index (κ2) is 9.11. The molecule has 6 heteroatoms. The summed E-state index contributed by atoms with van der Waals surface area (Å²) in [7, 11) is 0. The number of carbonyl (C=O) groups excluding carboxylic acids is 3. The van der Waals surface area contributed by atoms with E-state index >= 15 is 0 Å². The van der Waals surface area contributed by atoms with E-state index in [0.717, 1.165) is 16.7 Å². The minimum Gasteiger partial charge on any atom is -0.452 e. The van der Waals surface area contributed by atoms with Crippen LogP contribution in [0.25, 0.3) is 0 Å². The number of esters is 1. The van der Waals surface area contributed by atoms with E-state index in [9.17, 15) is 14.4 Å². The lowest BCUT2D eigenvalue weighted by Crippen LogP contribution is -2.34. The van der Waals surface area contributed by atoms with Crippen LogP contribution in [-0.4, -0.2) is 35.3 Å². The predicted octanol–water partition coefficient (Wildman–Crippen LogP) is 3.78. The maximum absolute atomic E-state index is 12.6. The number of likely N-dealkylation sites (tertiary alicyclic amines) is 1. The summed E-state index contributed by atoms with van der Waals surface area (Å²) in [5, 5.41) is 2.80. The summed E-state index contributed by atoms with van der Waals surface area (Å²) < 4.78 is 5.38. The van der Waals surface area contributed by atoms with Gasteiger partial charge in [-0.3, -0.25) is 14.4 Å². The largest absolute Gasteiger partial charge is 0.452 e. The molecule has 0 bridgehead atoms. The Balaban J connectivity index is 1.57. The smallest absolute Gasteiger partial charge is 0.312 e. The Morgan fingerprint density at radius 1 is 1.10 bits per heavy atom. The summed E-state index contributed by atoms with van der Waals surface area (Å²) >= 11 is 0. The highest BCUT2D eigenvalue weighted by molar-refractivity contribution is 5.96. The summed E-state index contributed by atoms with van der Waals surface area (Å²) in [6.45, 7) is 7.66. The van der Waals surface area contributed by atoms with Gasteiger partial charge in [0, 0.05) is 18.7 Å². The average Bonchev–Trinajstić information content (AvgIpc) is 3.11. The number of nitrogens with one attached hydrogen (secondary N) is 1. The van der Waals surface area contributed by atoms with Gasteiger partial charge >= 0.3 is 5.97 Å². The van der Waals surface area contributed by atoms with Gasteiger partial charge in [0.2, 0.25) is 5.91 Å². The van der Waals surface area contributed by atoms with Crippen molar-refractivity contribution < 1.29 is 19.1 Å². The highest BCUT2D eigenvalue weighted by atomic mass is 16.5. The standard InChI is InChI=1S/C24H28N2O4/c1-15-10-11-21(16(2)12-15)25-23(28)18(4)30-24(29)20-13-22(27)26(14-20)17(3)19-8-6-5-7-9-19/h5-12,17-18,20H,13-14H2,1-4H3,(H,25,28)/t17-,18+,20-/m0/s1. The zero-order valence-electron chi connectivity index (χ0n) is 17.8. The van der Waals surface area contributed by atoms with Crippen molar-refractivity contribution in [2.45, 2.75) is 46.3 Å². The molecule has 6 nitrogen and oxygen atoms in total. The van der Waals surface area contributed by atoms with Gasteiger partial charge in [0.15, 0.2) is 6.10 Å². The normalized spacial score (nSPS) is 18.1. The molecule has 0 spiro atoms. The summed E-state index contributed by atoms with van der Waals surface area (Å²) in [5.41, 5.74) is 3.74. The first kappa shape index (κ1) is 21.6. The number of nitrogens with zero attached hydrogens (tertiary/aromatic N) is 1. The van der Waals surface area contributed by atoms with Crippen molar-refractivity contribution in [2.75, 3.05) is 11.9 Å². The van der Waals surface area contributed by atoms with Crippen LogP contribution in [0, 0.1) is 19.8 Å². The topological polar surface area (TPSA) is 75.7 Å². The number of aryl methyl sites for hydroxylation is 2. The maximum atomic E-state index is 12.6. The number of hydrogen-bond acceptors (Lipinski definition) is 4. The van der Waals surface area contributed by atoms with E-state index in [1.165, 1.54) is 6.92 Å². The van der Waals surface area contributed by atoms with Gasteiger partial charge in [-0.25, -0.2) is 0 Å². The Labute approximate surface area is 177 Å². The summed E-state index contributed by atoms with van der Waals surface area (Å²) in [5.74, 6) is -1.57. The molecule has 1 heterocycles. The van der Waals surface area contributed by atoms with Crippen LogP contribution in [0.3, 0.4) is 0 Å². The molecule has 2 aromatic carbocycles. The molecule has 1 fully saturated rings. The van der Waals surface area contributed by atoms with Gasteiger partial charge in [0.25, 0.3) is 5.91 Å². The number of amides is 2. The summed E-state index contributed by atoms with van der Waals surface area (Å²) in [6, 6.07) is 15.3. The molecule has 1 aliphatic heterocycles. The van der Waals surface area contributed by atoms with E-state index in [2.05, 4.69) is 5.32 Å². The van der Waals surface area contributed by atoms with Crippen molar-refractivity contribution in [3.63, 3.8) is 0 Å². The zero-order chi connectivity index (χ0) is 21.8. The lowest BCUT2D eigenvalue weighted by molar-refractivity contribution is -0.157. The molecule has 3 atom stereocenters. The summed E-state index contributed by atoms with van der Waals surface area (Å²) in [4.78, 5) is 39.2. The summed E-state index contributed by atoms with van der Waals surface area (Å²) in [6.07, 6.45) is -0.851. The second-order valence-electron chi connectivity index (χ2n) is 7.92. The highest BCUT2D eigenvalue weighted by Crippen LogP contribution is 2.29. The van der Waals surface area contributed by atoms with Crippen LogP contribution >= 0.6 is 0 Å². The monoisotopic (exact) mass is 408 g/mol. The van der Waals surface area contributed by atoms with Crippen LogP contribution in [0.2, 0.25) is 0 Å². The number of ether oxygens (including phenoxy) is 1. The minimum atomic E-state index is -0.950. The third-order valence-electron chi connectivity index (χ3n) is 5.54. The van der Waals surface area contributed by atoms with Crippen LogP contribution < -0.4 is 5.32 Å². The zero-order valence-corrected chi connectivity index (χ0v) is 17.8. The average molecular weight is 408 g/mol. The SMILES string of the molecule is Cc1ccc(NC(=O)[C@@H](C)OC(=O)[C@H]2CC(=O)N([C@@H](C)c3ccccc3)C2)c(C)c1. The van der Waals surface area contributed by atoms with Gasteiger partial charge in [0.1, 0.15) is 0 Å². The third-order valence-corrected chi connectivity index (χ3v) is 5.54. The number of carbonyl (C=O) groups is 3. The second-order valence-corrected chi connectivity index (χ2v) is 7.92.